The molecule has 2 heterocycles. The van der Waals surface area contributed by atoms with Gasteiger partial charge in [0.15, 0.2) is 0 Å². The van der Waals surface area contributed by atoms with Crippen LogP contribution in [0.25, 0.3) is 0 Å². The SMILES string of the molecule is CCc1cccnc1CNc1nccn1CC. The Morgan fingerprint density at radius 1 is 1.24 bits per heavy atom. The average molecular weight is 230 g/mol. The van der Waals surface area contributed by atoms with Crippen LogP contribution in [-0.2, 0) is 19.5 Å². The Balaban J connectivity index is 2.07. The largest absolute Gasteiger partial charge is 0.350 e. The van der Waals surface area contributed by atoms with Gasteiger partial charge in [0.05, 0.1) is 12.2 Å². The highest BCUT2D eigenvalue weighted by molar-refractivity contribution is 5.29. The fourth-order valence-electron chi connectivity index (χ4n) is 1.85. The summed E-state index contributed by atoms with van der Waals surface area (Å²) in [5.41, 5.74) is 2.38. The number of rotatable bonds is 5. The van der Waals surface area contributed by atoms with Gasteiger partial charge in [-0.15, -0.1) is 0 Å². The van der Waals surface area contributed by atoms with Gasteiger partial charge in [-0.25, -0.2) is 4.98 Å². The molecule has 4 heteroatoms. The maximum atomic E-state index is 4.40. The summed E-state index contributed by atoms with van der Waals surface area (Å²) < 4.78 is 2.08. The summed E-state index contributed by atoms with van der Waals surface area (Å²) in [7, 11) is 0. The first-order chi connectivity index (χ1) is 8.35. The Bertz CT molecular complexity index is 476. The molecular formula is C13H18N4. The van der Waals surface area contributed by atoms with Crippen LogP contribution in [0.2, 0.25) is 0 Å². The first kappa shape index (κ1) is 11.6. The maximum absolute atomic E-state index is 4.40. The van der Waals surface area contributed by atoms with E-state index in [0.717, 1.165) is 31.2 Å². The predicted octanol–water partition coefficient (Wildman–Crippen LogP) is 2.47. The predicted molar refractivity (Wildman–Crippen MR) is 68.8 cm³/mol. The van der Waals surface area contributed by atoms with E-state index < -0.39 is 0 Å². The molecule has 2 aromatic rings. The van der Waals surface area contributed by atoms with E-state index in [1.54, 1.807) is 0 Å². The van der Waals surface area contributed by atoms with E-state index in [1.165, 1.54) is 5.56 Å². The highest BCUT2D eigenvalue weighted by Gasteiger charge is 2.04. The zero-order valence-corrected chi connectivity index (χ0v) is 10.3. The molecule has 0 fully saturated rings. The molecule has 17 heavy (non-hydrogen) atoms. The molecule has 0 saturated carbocycles. The molecule has 0 unspecified atom stereocenters. The lowest BCUT2D eigenvalue weighted by molar-refractivity contribution is 0.761. The molecule has 0 aliphatic carbocycles. The molecule has 4 nitrogen and oxygen atoms in total. The van der Waals surface area contributed by atoms with Gasteiger partial charge in [0.25, 0.3) is 0 Å². The molecule has 2 aromatic heterocycles. The van der Waals surface area contributed by atoms with E-state index in [9.17, 15) is 0 Å². The molecule has 0 amide bonds. The van der Waals surface area contributed by atoms with Crippen molar-refractivity contribution < 1.29 is 0 Å². The van der Waals surface area contributed by atoms with Crippen LogP contribution in [0.3, 0.4) is 0 Å². The first-order valence-electron chi connectivity index (χ1n) is 6.03. The van der Waals surface area contributed by atoms with Crippen LogP contribution in [0.4, 0.5) is 5.95 Å². The van der Waals surface area contributed by atoms with Crippen molar-refractivity contribution in [3.63, 3.8) is 0 Å². The topological polar surface area (TPSA) is 42.7 Å². The van der Waals surface area contributed by atoms with E-state index in [2.05, 4.69) is 39.8 Å². The summed E-state index contributed by atoms with van der Waals surface area (Å²) >= 11 is 0. The van der Waals surface area contributed by atoms with Crippen molar-refractivity contribution in [2.75, 3.05) is 5.32 Å². The van der Waals surface area contributed by atoms with E-state index in [0.29, 0.717) is 0 Å². The van der Waals surface area contributed by atoms with Gasteiger partial charge in [-0.2, -0.15) is 0 Å². The lowest BCUT2D eigenvalue weighted by Crippen LogP contribution is -2.09. The average Bonchev–Trinajstić information content (AvgIpc) is 2.84. The third-order valence-corrected chi connectivity index (χ3v) is 2.84. The molecule has 1 N–H and O–H groups in total. The summed E-state index contributed by atoms with van der Waals surface area (Å²) in [6, 6.07) is 4.10. The van der Waals surface area contributed by atoms with Crippen molar-refractivity contribution in [3.05, 3.63) is 42.0 Å². The number of hydrogen-bond donors (Lipinski definition) is 1. The Morgan fingerprint density at radius 2 is 2.12 bits per heavy atom. The van der Waals surface area contributed by atoms with Gasteiger partial charge in [-0.3, -0.25) is 4.98 Å². The molecule has 0 aliphatic heterocycles. The van der Waals surface area contributed by atoms with Crippen LogP contribution in [0.15, 0.2) is 30.7 Å². The molecule has 90 valence electrons. The van der Waals surface area contributed by atoms with Crippen molar-refractivity contribution in [1.29, 1.82) is 0 Å². The maximum Gasteiger partial charge on any atom is 0.203 e. The summed E-state index contributed by atoms with van der Waals surface area (Å²) in [6.45, 7) is 5.89. The molecule has 2 rings (SSSR count). The summed E-state index contributed by atoms with van der Waals surface area (Å²) in [6.07, 6.45) is 6.63. The second kappa shape index (κ2) is 5.48. The van der Waals surface area contributed by atoms with Gasteiger partial charge in [-0.05, 0) is 25.0 Å². The number of imidazole rings is 1. The smallest absolute Gasteiger partial charge is 0.203 e. The van der Waals surface area contributed by atoms with Crippen LogP contribution in [0.1, 0.15) is 25.1 Å². The number of aryl methyl sites for hydroxylation is 2. The minimum Gasteiger partial charge on any atom is -0.350 e. The molecule has 0 radical (unpaired) electrons. The molecule has 0 bridgehead atoms. The molecule has 0 aromatic carbocycles. The number of hydrogen-bond acceptors (Lipinski definition) is 3. The second-order valence-electron chi connectivity index (χ2n) is 3.85. The molecule has 0 saturated heterocycles. The number of anilines is 1. The molecular weight excluding hydrogens is 212 g/mol. The van der Waals surface area contributed by atoms with Gasteiger partial charge in [0.2, 0.25) is 5.95 Å². The Hall–Kier alpha value is -1.84. The van der Waals surface area contributed by atoms with Crippen LogP contribution in [-0.4, -0.2) is 14.5 Å². The van der Waals surface area contributed by atoms with Crippen LogP contribution < -0.4 is 5.32 Å². The monoisotopic (exact) mass is 230 g/mol. The van der Waals surface area contributed by atoms with E-state index in [-0.39, 0.29) is 0 Å². The molecule has 0 spiro atoms. The first-order valence-corrected chi connectivity index (χ1v) is 6.03. The lowest BCUT2D eigenvalue weighted by atomic mass is 10.1. The zero-order chi connectivity index (χ0) is 12.1. The van der Waals surface area contributed by atoms with E-state index in [1.807, 2.05) is 24.7 Å². The van der Waals surface area contributed by atoms with Crippen molar-refractivity contribution >= 4 is 5.95 Å². The van der Waals surface area contributed by atoms with Gasteiger partial charge in [0.1, 0.15) is 0 Å². The van der Waals surface area contributed by atoms with Gasteiger partial charge in [-0.1, -0.05) is 13.0 Å². The summed E-state index contributed by atoms with van der Waals surface area (Å²) in [5, 5.41) is 3.32. The Kier molecular flexibility index (Phi) is 3.75. The number of nitrogens with one attached hydrogen (secondary N) is 1. The van der Waals surface area contributed by atoms with E-state index in [4.69, 9.17) is 0 Å². The van der Waals surface area contributed by atoms with Crippen LogP contribution >= 0.6 is 0 Å². The lowest BCUT2D eigenvalue weighted by Gasteiger charge is -2.09. The Labute approximate surface area is 102 Å². The number of pyridine rings is 1. The minimum absolute atomic E-state index is 0.723. The molecule has 0 aliphatic rings. The van der Waals surface area contributed by atoms with Gasteiger partial charge < -0.3 is 9.88 Å². The number of nitrogens with zero attached hydrogens (tertiary/aromatic N) is 3. The third kappa shape index (κ3) is 2.64. The van der Waals surface area contributed by atoms with Crippen molar-refractivity contribution in [2.45, 2.75) is 33.4 Å². The Morgan fingerprint density at radius 3 is 2.88 bits per heavy atom. The van der Waals surface area contributed by atoms with Crippen molar-refractivity contribution in [1.82, 2.24) is 14.5 Å². The summed E-state index contributed by atoms with van der Waals surface area (Å²) in [5.74, 6) is 0.903. The highest BCUT2D eigenvalue weighted by atomic mass is 15.2. The van der Waals surface area contributed by atoms with E-state index >= 15 is 0 Å². The molecule has 0 atom stereocenters. The van der Waals surface area contributed by atoms with Crippen LogP contribution in [0.5, 0.6) is 0 Å². The summed E-state index contributed by atoms with van der Waals surface area (Å²) in [4.78, 5) is 8.69. The standard InChI is InChI=1S/C13H18N4/c1-3-11-6-5-7-14-12(11)10-16-13-15-8-9-17(13)4-2/h5-9H,3-4,10H2,1-2H3,(H,15,16). The van der Waals surface area contributed by atoms with Crippen LogP contribution in [0, 0.1) is 0 Å². The third-order valence-electron chi connectivity index (χ3n) is 2.84. The zero-order valence-electron chi connectivity index (χ0n) is 10.3. The minimum atomic E-state index is 0.723. The van der Waals surface area contributed by atoms with Gasteiger partial charge in [0, 0.05) is 25.1 Å². The normalized spacial score (nSPS) is 10.5. The fourth-order valence-corrected chi connectivity index (χ4v) is 1.85. The van der Waals surface area contributed by atoms with Gasteiger partial charge >= 0.3 is 0 Å². The van der Waals surface area contributed by atoms with Crippen molar-refractivity contribution in [3.8, 4) is 0 Å². The van der Waals surface area contributed by atoms with Crippen molar-refractivity contribution in [2.24, 2.45) is 0 Å². The highest BCUT2D eigenvalue weighted by Crippen LogP contribution is 2.10. The number of aromatic nitrogens is 3. The quantitative estimate of drug-likeness (QED) is 0.858. The fraction of sp³-hybridized carbons (Fsp3) is 0.385. The second-order valence-corrected chi connectivity index (χ2v) is 3.85.